The summed E-state index contributed by atoms with van der Waals surface area (Å²) in [6, 6.07) is 0. The van der Waals surface area contributed by atoms with Gasteiger partial charge in [-0.05, 0) is 86.4 Å². The van der Waals surface area contributed by atoms with Gasteiger partial charge in [-0.1, -0.05) is 20.8 Å². The van der Waals surface area contributed by atoms with E-state index >= 15 is 0 Å². The van der Waals surface area contributed by atoms with Gasteiger partial charge in [0.05, 0.1) is 13.2 Å². The number of carbonyl (C=O) groups excluding carboxylic acids is 3. The zero-order valence-corrected chi connectivity index (χ0v) is 19.0. The first kappa shape index (κ1) is 22.0. The van der Waals surface area contributed by atoms with Crippen LogP contribution in [0, 0.1) is 46.3 Å². The van der Waals surface area contributed by atoms with Gasteiger partial charge in [0, 0.05) is 17.8 Å². The van der Waals surface area contributed by atoms with Gasteiger partial charge in [-0.2, -0.15) is 0 Å². The van der Waals surface area contributed by atoms with Crippen LogP contribution in [0.25, 0.3) is 0 Å². The molecular weight excluding hydrogens is 380 g/mol. The van der Waals surface area contributed by atoms with Crippen LogP contribution < -0.4 is 0 Å². The number of hydrogen-bond acceptors (Lipinski definition) is 5. The zero-order valence-electron chi connectivity index (χ0n) is 19.0. The Labute approximate surface area is 180 Å². The Morgan fingerprint density at radius 2 is 1.90 bits per heavy atom. The maximum absolute atomic E-state index is 13.7. The van der Waals surface area contributed by atoms with E-state index in [1.54, 1.807) is 0 Å². The monoisotopic (exact) mass is 418 g/mol. The largest absolute Gasteiger partial charge is 0.469 e. The average Bonchev–Trinajstić information content (AvgIpc) is 3.08. The predicted molar refractivity (Wildman–Crippen MR) is 112 cm³/mol. The molecule has 5 heteroatoms. The molecule has 1 unspecified atom stereocenters. The molecule has 4 aliphatic carbocycles. The molecule has 0 aromatic carbocycles. The van der Waals surface area contributed by atoms with E-state index in [1.807, 2.05) is 0 Å². The Morgan fingerprint density at radius 3 is 2.60 bits per heavy atom. The average molecular weight is 419 g/mol. The van der Waals surface area contributed by atoms with Gasteiger partial charge in [0.2, 0.25) is 11.6 Å². The fourth-order valence-corrected chi connectivity index (χ4v) is 8.39. The summed E-state index contributed by atoms with van der Waals surface area (Å²) in [6.07, 6.45) is 7.21. The molecule has 0 aliphatic heterocycles. The number of esters is 1. The summed E-state index contributed by atoms with van der Waals surface area (Å²) >= 11 is 0. The minimum Gasteiger partial charge on any atom is -0.469 e. The molecule has 4 rings (SSSR count). The van der Waals surface area contributed by atoms with E-state index in [0.717, 1.165) is 44.9 Å². The number of Topliss-reactive ketones (excluding diaryl/α,β-unsaturated/α-hetero) is 2. The Hall–Kier alpha value is -1.23. The first-order valence-electron chi connectivity index (χ1n) is 12.0. The van der Waals surface area contributed by atoms with Crippen molar-refractivity contribution in [1.29, 1.82) is 0 Å². The first-order valence-corrected chi connectivity index (χ1v) is 12.0. The van der Waals surface area contributed by atoms with Crippen molar-refractivity contribution < 1.29 is 24.2 Å². The molecule has 0 saturated heterocycles. The lowest BCUT2D eigenvalue weighted by atomic mass is 9.43. The van der Waals surface area contributed by atoms with Crippen molar-refractivity contribution in [3.63, 3.8) is 0 Å². The van der Waals surface area contributed by atoms with Crippen LogP contribution in [0.1, 0.15) is 78.6 Å². The maximum Gasteiger partial charge on any atom is 0.305 e. The Kier molecular flexibility index (Phi) is 5.66. The summed E-state index contributed by atoms with van der Waals surface area (Å²) in [5.74, 6) is 0.616. The van der Waals surface area contributed by atoms with Crippen LogP contribution >= 0.6 is 0 Å². The smallest absolute Gasteiger partial charge is 0.305 e. The second kappa shape index (κ2) is 7.72. The highest BCUT2D eigenvalue weighted by Gasteiger charge is 2.67. The lowest BCUT2D eigenvalue weighted by Gasteiger charge is -2.59. The molecule has 0 amide bonds. The van der Waals surface area contributed by atoms with Crippen molar-refractivity contribution in [2.45, 2.75) is 84.7 Å². The molecule has 0 spiro atoms. The summed E-state index contributed by atoms with van der Waals surface area (Å²) < 4.78 is 4.80. The Bertz CT molecular complexity index is 731. The number of ether oxygens (including phenoxy) is 1. The third-order valence-corrected chi connectivity index (χ3v) is 10.1. The number of carbonyl (C=O) groups is 3. The first-order chi connectivity index (χ1) is 14.1. The van der Waals surface area contributed by atoms with Crippen molar-refractivity contribution in [3.8, 4) is 0 Å². The van der Waals surface area contributed by atoms with E-state index in [4.69, 9.17) is 4.74 Å². The van der Waals surface area contributed by atoms with Crippen LogP contribution in [0.5, 0.6) is 0 Å². The molecule has 0 aromatic heterocycles. The van der Waals surface area contributed by atoms with Crippen LogP contribution in [0.4, 0.5) is 0 Å². The van der Waals surface area contributed by atoms with Crippen LogP contribution in [-0.2, 0) is 19.1 Å². The van der Waals surface area contributed by atoms with Crippen molar-refractivity contribution in [1.82, 2.24) is 0 Å². The van der Waals surface area contributed by atoms with Crippen molar-refractivity contribution in [2.75, 3.05) is 7.11 Å². The zero-order chi connectivity index (χ0) is 21.8. The molecule has 9 atom stereocenters. The number of ketones is 2. The Balaban J connectivity index is 1.60. The molecule has 4 saturated carbocycles. The van der Waals surface area contributed by atoms with E-state index in [1.165, 1.54) is 7.11 Å². The topological polar surface area (TPSA) is 80.7 Å². The van der Waals surface area contributed by atoms with E-state index in [2.05, 4.69) is 20.8 Å². The number of methoxy groups -OCH3 is 1. The molecule has 4 aliphatic rings. The Morgan fingerprint density at radius 1 is 1.17 bits per heavy atom. The molecule has 0 radical (unpaired) electrons. The van der Waals surface area contributed by atoms with Gasteiger partial charge in [0.15, 0.2) is 0 Å². The van der Waals surface area contributed by atoms with Crippen LogP contribution in [0.15, 0.2) is 0 Å². The SMILES string of the molecule is COC(=O)CC[C@@H](C)[C@H]1CC[C@H]2[C@@H]3CCC4C[C@H](O)CC[C@]4(C)[C@H]3C(=O)C(=O)[C@]12C. The van der Waals surface area contributed by atoms with Crippen molar-refractivity contribution >= 4 is 17.5 Å². The number of aliphatic hydroxyl groups is 1. The molecule has 30 heavy (non-hydrogen) atoms. The predicted octanol–water partition coefficient (Wildman–Crippen LogP) is 3.95. The molecule has 1 N–H and O–H groups in total. The van der Waals surface area contributed by atoms with Crippen LogP contribution in [0.2, 0.25) is 0 Å². The summed E-state index contributed by atoms with van der Waals surface area (Å²) in [5.41, 5.74) is -0.740. The summed E-state index contributed by atoms with van der Waals surface area (Å²) in [5, 5.41) is 10.2. The lowest BCUT2D eigenvalue weighted by molar-refractivity contribution is -0.172. The number of hydrogen-bond donors (Lipinski definition) is 1. The summed E-state index contributed by atoms with van der Waals surface area (Å²) in [6.45, 7) is 6.41. The standard InChI is InChI=1S/C25H38O5/c1-14(5-10-20(27)30-4)18-8-9-19-17-7-6-15-13-16(26)11-12-24(15,2)21(17)22(28)23(29)25(18,19)3/h14-19,21,26H,5-13H2,1-4H3/t14-,15?,16-,17+,18-,19+,21-,24+,25-/m1/s1. The molecular formula is C25H38O5. The van der Waals surface area contributed by atoms with Crippen LogP contribution in [0.3, 0.4) is 0 Å². The molecule has 0 bridgehead atoms. The van der Waals surface area contributed by atoms with E-state index < -0.39 is 5.41 Å². The van der Waals surface area contributed by atoms with Gasteiger partial charge >= 0.3 is 5.97 Å². The second-order valence-electron chi connectivity index (χ2n) is 11.2. The number of fused-ring (bicyclic) bond motifs is 5. The van der Waals surface area contributed by atoms with Crippen molar-refractivity contribution in [2.24, 2.45) is 46.3 Å². The maximum atomic E-state index is 13.7. The molecule has 0 heterocycles. The highest BCUT2D eigenvalue weighted by molar-refractivity contribution is 6.41. The van der Waals surface area contributed by atoms with Gasteiger partial charge in [-0.25, -0.2) is 0 Å². The molecule has 0 aromatic rings. The normalized spacial score (nSPS) is 46.6. The number of rotatable bonds is 4. The van der Waals surface area contributed by atoms with E-state index in [0.29, 0.717) is 18.8 Å². The fourth-order valence-electron chi connectivity index (χ4n) is 8.39. The van der Waals surface area contributed by atoms with Gasteiger partial charge in [-0.15, -0.1) is 0 Å². The third-order valence-electron chi connectivity index (χ3n) is 10.1. The highest BCUT2D eigenvalue weighted by Crippen LogP contribution is 2.66. The van der Waals surface area contributed by atoms with Gasteiger partial charge in [0.25, 0.3) is 0 Å². The second-order valence-corrected chi connectivity index (χ2v) is 11.2. The lowest BCUT2D eigenvalue weighted by Crippen LogP contribution is -2.62. The fraction of sp³-hybridized carbons (Fsp3) is 0.880. The quantitative estimate of drug-likeness (QED) is 0.552. The minimum atomic E-state index is -0.592. The van der Waals surface area contributed by atoms with E-state index in [9.17, 15) is 19.5 Å². The van der Waals surface area contributed by atoms with Gasteiger partial charge in [0.1, 0.15) is 0 Å². The van der Waals surface area contributed by atoms with E-state index in [-0.39, 0.29) is 58.6 Å². The minimum absolute atomic E-state index is 0.130. The molecule has 168 valence electrons. The number of aliphatic hydroxyl groups excluding tert-OH is 1. The third kappa shape index (κ3) is 3.10. The van der Waals surface area contributed by atoms with Crippen molar-refractivity contribution in [3.05, 3.63) is 0 Å². The van der Waals surface area contributed by atoms with Gasteiger partial charge in [-0.3, -0.25) is 14.4 Å². The summed E-state index contributed by atoms with van der Waals surface area (Å²) in [4.78, 5) is 39.0. The highest BCUT2D eigenvalue weighted by atomic mass is 16.5. The molecule has 5 nitrogen and oxygen atoms in total. The molecule has 4 fully saturated rings. The van der Waals surface area contributed by atoms with Gasteiger partial charge < -0.3 is 9.84 Å². The van der Waals surface area contributed by atoms with Crippen LogP contribution in [-0.4, -0.2) is 35.9 Å². The summed E-state index contributed by atoms with van der Waals surface area (Å²) in [7, 11) is 1.41.